The van der Waals surface area contributed by atoms with Crippen molar-refractivity contribution in [3.63, 3.8) is 0 Å². The first-order chi connectivity index (χ1) is 14.5. The van der Waals surface area contributed by atoms with Crippen LogP contribution in [0.2, 0.25) is 0 Å². The number of carbonyl (C=O) groups excluding carboxylic acids is 2. The number of nitrogens with zero attached hydrogens (tertiary/aromatic N) is 4. The van der Waals surface area contributed by atoms with Gasteiger partial charge in [-0.1, -0.05) is 25.0 Å². The first kappa shape index (κ1) is 25.4. The number of carboxylic acid groups (broad SMARTS) is 2. The van der Waals surface area contributed by atoms with E-state index in [9.17, 15) is 27.9 Å². The molecular formula is C18H20F3N5O5. The van der Waals surface area contributed by atoms with Crippen molar-refractivity contribution in [2.24, 2.45) is 5.92 Å². The zero-order valence-electron chi connectivity index (χ0n) is 16.5. The van der Waals surface area contributed by atoms with E-state index in [0.29, 0.717) is 12.2 Å². The zero-order chi connectivity index (χ0) is 23.6. The summed E-state index contributed by atoms with van der Waals surface area (Å²) < 4.78 is 33.0. The number of amides is 1. The molecule has 2 aromatic rings. The van der Waals surface area contributed by atoms with Crippen LogP contribution in [0.3, 0.4) is 0 Å². The standard InChI is InChI=1S/C16H19N5O3.C2HF3O2/c1-3-11(2)14(16(23)24)20-13(22)10-21-8-5-12(9-19-21)15-17-6-4-7-18-15;3-2(4,5)1(6)7/h4-9,11,14H,3,10H2,1-2H3,(H-,20,22,23,24);(H,6,7). The summed E-state index contributed by atoms with van der Waals surface area (Å²) in [7, 11) is 0. The van der Waals surface area contributed by atoms with Gasteiger partial charge in [0.05, 0.1) is 0 Å². The lowest BCUT2D eigenvalue weighted by Gasteiger charge is -2.19. The molecule has 0 aromatic carbocycles. The molecule has 2 unspecified atom stereocenters. The van der Waals surface area contributed by atoms with Gasteiger partial charge in [0.25, 0.3) is 12.5 Å². The van der Waals surface area contributed by atoms with Crippen LogP contribution in [0, 0.1) is 5.92 Å². The van der Waals surface area contributed by atoms with Gasteiger partial charge in [0, 0.05) is 24.0 Å². The molecule has 13 heteroatoms. The van der Waals surface area contributed by atoms with E-state index in [1.165, 1.54) is 4.68 Å². The largest absolute Gasteiger partial charge is 0.542 e. The van der Waals surface area contributed by atoms with Crippen LogP contribution in [0.15, 0.2) is 36.9 Å². The molecule has 0 saturated heterocycles. The summed E-state index contributed by atoms with van der Waals surface area (Å²) in [5.74, 6) is -4.05. The molecule has 0 saturated carbocycles. The van der Waals surface area contributed by atoms with Crippen LogP contribution in [-0.2, 0) is 20.9 Å². The Morgan fingerprint density at radius 2 is 1.84 bits per heavy atom. The lowest BCUT2D eigenvalue weighted by molar-refractivity contribution is -0.742. The molecule has 2 rings (SSSR count). The quantitative estimate of drug-likeness (QED) is 0.556. The monoisotopic (exact) mass is 443 g/mol. The molecule has 0 aliphatic carbocycles. The minimum atomic E-state index is -5.19. The highest BCUT2D eigenvalue weighted by atomic mass is 19.4. The van der Waals surface area contributed by atoms with Crippen LogP contribution in [-0.4, -0.2) is 50.2 Å². The van der Waals surface area contributed by atoms with E-state index in [2.05, 4.69) is 20.4 Å². The van der Waals surface area contributed by atoms with Crippen LogP contribution in [0.1, 0.15) is 20.3 Å². The highest BCUT2D eigenvalue weighted by molar-refractivity contribution is 5.82. The molecule has 168 valence electrons. The maximum atomic E-state index is 12.0. The topological polar surface area (TPSA) is 149 Å². The van der Waals surface area contributed by atoms with Crippen molar-refractivity contribution in [2.75, 3.05) is 0 Å². The number of aromatic nitrogens is 4. The predicted octanol–water partition coefficient (Wildman–Crippen LogP) is -0.260. The Morgan fingerprint density at radius 1 is 1.26 bits per heavy atom. The summed E-state index contributed by atoms with van der Waals surface area (Å²) in [5, 5.41) is 24.7. The van der Waals surface area contributed by atoms with Gasteiger partial charge >= 0.3 is 12.1 Å². The zero-order valence-corrected chi connectivity index (χ0v) is 16.5. The molecule has 2 atom stereocenters. The summed E-state index contributed by atoms with van der Waals surface area (Å²) in [5.41, 5.74) is 0.732. The van der Waals surface area contributed by atoms with Gasteiger partial charge in [0.15, 0.2) is 12.0 Å². The molecule has 0 aliphatic heterocycles. The van der Waals surface area contributed by atoms with Gasteiger partial charge in [0.1, 0.15) is 18.2 Å². The molecule has 0 aliphatic rings. The van der Waals surface area contributed by atoms with Crippen molar-refractivity contribution >= 4 is 17.8 Å². The molecule has 1 amide bonds. The molecule has 0 fully saturated rings. The number of halogens is 3. The molecule has 31 heavy (non-hydrogen) atoms. The lowest BCUT2D eigenvalue weighted by Crippen LogP contribution is -2.51. The second-order valence-electron chi connectivity index (χ2n) is 6.24. The predicted molar refractivity (Wildman–Crippen MR) is 95.5 cm³/mol. The van der Waals surface area contributed by atoms with E-state index < -0.39 is 30.1 Å². The van der Waals surface area contributed by atoms with Crippen molar-refractivity contribution in [3.05, 3.63) is 36.9 Å². The number of carbonyl (C=O) groups is 3. The maximum Gasteiger partial charge on any atom is 0.430 e. The van der Waals surface area contributed by atoms with Gasteiger partial charge in [-0.05, 0) is 17.1 Å². The number of nitrogens with one attached hydrogen (secondary N) is 1. The van der Waals surface area contributed by atoms with Gasteiger partial charge < -0.3 is 20.3 Å². The lowest BCUT2D eigenvalue weighted by atomic mass is 9.99. The molecule has 2 N–H and O–H groups in total. The second kappa shape index (κ2) is 11.5. The second-order valence-corrected chi connectivity index (χ2v) is 6.24. The molecule has 10 nitrogen and oxygen atoms in total. The smallest absolute Gasteiger partial charge is 0.430 e. The van der Waals surface area contributed by atoms with Crippen LogP contribution < -0.4 is 15.1 Å². The molecular weight excluding hydrogens is 423 g/mol. The van der Waals surface area contributed by atoms with Crippen molar-refractivity contribution in [2.45, 2.75) is 39.0 Å². The summed E-state index contributed by atoms with van der Waals surface area (Å²) in [6, 6.07) is 2.57. The third-order valence-electron chi connectivity index (χ3n) is 3.93. The molecule has 2 aromatic heterocycles. The summed E-state index contributed by atoms with van der Waals surface area (Å²) >= 11 is 0. The van der Waals surface area contributed by atoms with E-state index >= 15 is 0 Å². The Balaban J connectivity index is 0.000000592. The fraction of sp³-hybridized carbons (Fsp3) is 0.389. The summed E-state index contributed by atoms with van der Waals surface area (Å²) in [6.07, 6.45) is 1.93. The molecule has 0 spiro atoms. The number of hydrogen-bond donors (Lipinski definition) is 2. The van der Waals surface area contributed by atoms with Gasteiger partial charge in [-0.2, -0.15) is 13.2 Å². The Kier molecular flexibility index (Phi) is 9.44. The van der Waals surface area contributed by atoms with E-state index in [1.54, 1.807) is 43.8 Å². The van der Waals surface area contributed by atoms with Crippen molar-refractivity contribution in [3.8, 4) is 11.4 Å². The Hall–Kier alpha value is -3.64. The number of carboxylic acids is 2. The maximum absolute atomic E-state index is 12.0. The van der Waals surface area contributed by atoms with Gasteiger partial charge in [-0.3, -0.25) is 4.79 Å². The number of aliphatic carboxylic acids is 2. The number of hydrogen-bond acceptors (Lipinski definition) is 7. The van der Waals surface area contributed by atoms with Gasteiger partial charge in [-0.25, -0.2) is 14.8 Å². The Morgan fingerprint density at radius 3 is 2.26 bits per heavy atom. The fourth-order valence-corrected chi connectivity index (χ4v) is 2.11. The minimum absolute atomic E-state index is 0.0594. The van der Waals surface area contributed by atoms with E-state index in [-0.39, 0.29) is 12.5 Å². The SMILES string of the molecule is CCC(C)C(NC(=O)C[n+]1ccc(-c2ncccn2)cn1)C(=O)O.O=C([O-])C(F)(F)F. The van der Waals surface area contributed by atoms with Crippen LogP contribution in [0.5, 0.6) is 0 Å². The Bertz CT molecular complexity index is 878. The van der Waals surface area contributed by atoms with Crippen molar-refractivity contribution < 1.29 is 42.4 Å². The molecule has 0 bridgehead atoms. The number of alkyl halides is 3. The third kappa shape index (κ3) is 8.72. The normalized spacial score (nSPS) is 12.7. The molecule has 0 radical (unpaired) electrons. The van der Waals surface area contributed by atoms with Crippen LogP contribution >= 0.6 is 0 Å². The fourth-order valence-electron chi connectivity index (χ4n) is 2.11. The van der Waals surface area contributed by atoms with Crippen molar-refractivity contribution in [1.82, 2.24) is 20.4 Å². The van der Waals surface area contributed by atoms with Crippen LogP contribution in [0.4, 0.5) is 13.2 Å². The van der Waals surface area contributed by atoms with E-state index in [1.807, 2.05) is 6.92 Å². The average Bonchev–Trinajstić information content (AvgIpc) is 2.72. The Labute approximate surface area is 174 Å². The highest BCUT2D eigenvalue weighted by Crippen LogP contribution is 2.11. The minimum Gasteiger partial charge on any atom is -0.542 e. The van der Waals surface area contributed by atoms with E-state index in [0.717, 1.165) is 5.56 Å². The first-order valence-electron chi connectivity index (χ1n) is 8.89. The van der Waals surface area contributed by atoms with Crippen LogP contribution in [0.25, 0.3) is 11.4 Å². The van der Waals surface area contributed by atoms with Gasteiger partial charge in [0.2, 0.25) is 0 Å². The summed E-state index contributed by atoms with van der Waals surface area (Å²) in [4.78, 5) is 40.3. The first-order valence-corrected chi connectivity index (χ1v) is 8.89. The molecule has 2 heterocycles. The highest BCUT2D eigenvalue weighted by Gasteiger charge is 2.29. The van der Waals surface area contributed by atoms with Crippen molar-refractivity contribution in [1.29, 1.82) is 0 Å². The van der Waals surface area contributed by atoms with Gasteiger partial charge in [-0.15, -0.1) is 0 Å². The number of rotatable bonds is 7. The third-order valence-corrected chi connectivity index (χ3v) is 3.93. The van der Waals surface area contributed by atoms with E-state index in [4.69, 9.17) is 9.90 Å². The average molecular weight is 443 g/mol. The summed E-state index contributed by atoms with van der Waals surface area (Å²) in [6.45, 7) is 3.61.